The lowest BCUT2D eigenvalue weighted by atomic mass is 10.4. The molecule has 0 bridgehead atoms. The minimum absolute atomic E-state index is 0.506. The number of hydrogen-bond acceptors (Lipinski definition) is 2. The Labute approximate surface area is 72.6 Å². The summed E-state index contributed by atoms with van der Waals surface area (Å²) < 4.78 is 1.87. The Balaban J connectivity index is 2.45. The van der Waals surface area contributed by atoms with Gasteiger partial charge in [0.2, 0.25) is 0 Å². The molecule has 0 amide bonds. The summed E-state index contributed by atoms with van der Waals surface area (Å²) in [7, 11) is 0. The Kier molecular flexibility index (Phi) is 3.36. The van der Waals surface area contributed by atoms with E-state index in [2.05, 4.69) is 16.9 Å². The molecule has 1 rings (SSSR count). The summed E-state index contributed by atoms with van der Waals surface area (Å²) in [5, 5.41) is 4.22. The second kappa shape index (κ2) is 4.58. The molecule has 0 atom stereocenters. The van der Waals surface area contributed by atoms with Crippen molar-refractivity contribution in [2.75, 3.05) is 0 Å². The van der Waals surface area contributed by atoms with Crippen molar-refractivity contribution in [3.63, 3.8) is 0 Å². The summed E-state index contributed by atoms with van der Waals surface area (Å²) in [5.74, 6) is 5.82. The highest BCUT2D eigenvalue weighted by molar-refractivity contribution is 4.99. The standard InChI is InChI=1S/C9H13N3/c1-2-3-4-6-12-7-5-9(8-10)11-12/h5,7H,4,6,8,10H2,1H3. The first-order valence-electron chi connectivity index (χ1n) is 3.99. The summed E-state index contributed by atoms with van der Waals surface area (Å²) in [6.07, 6.45) is 2.78. The van der Waals surface area contributed by atoms with E-state index in [1.54, 1.807) is 0 Å². The van der Waals surface area contributed by atoms with Crippen LogP contribution in [0.1, 0.15) is 19.0 Å². The third-order valence-corrected chi connectivity index (χ3v) is 1.55. The van der Waals surface area contributed by atoms with Crippen LogP contribution in [0.3, 0.4) is 0 Å². The molecule has 12 heavy (non-hydrogen) atoms. The summed E-state index contributed by atoms with van der Waals surface area (Å²) in [6, 6.07) is 1.93. The number of nitrogens with zero attached hydrogens (tertiary/aromatic N) is 2. The van der Waals surface area contributed by atoms with E-state index in [4.69, 9.17) is 5.73 Å². The molecular formula is C9H13N3. The number of nitrogens with two attached hydrogens (primary N) is 1. The van der Waals surface area contributed by atoms with Crippen LogP contribution in [0.25, 0.3) is 0 Å². The van der Waals surface area contributed by atoms with Crippen molar-refractivity contribution in [2.24, 2.45) is 5.73 Å². The molecule has 0 aromatic carbocycles. The topological polar surface area (TPSA) is 43.8 Å². The van der Waals surface area contributed by atoms with Crippen LogP contribution in [0.2, 0.25) is 0 Å². The van der Waals surface area contributed by atoms with E-state index in [0.29, 0.717) is 6.54 Å². The molecule has 64 valence electrons. The molecule has 0 aliphatic rings. The minimum Gasteiger partial charge on any atom is -0.325 e. The fourth-order valence-electron chi connectivity index (χ4n) is 0.933. The Morgan fingerprint density at radius 2 is 2.50 bits per heavy atom. The SMILES string of the molecule is CC#CCCn1ccc(CN)n1. The largest absolute Gasteiger partial charge is 0.325 e. The van der Waals surface area contributed by atoms with Gasteiger partial charge in [-0.15, -0.1) is 11.8 Å². The van der Waals surface area contributed by atoms with E-state index < -0.39 is 0 Å². The highest BCUT2D eigenvalue weighted by Crippen LogP contribution is 1.94. The van der Waals surface area contributed by atoms with Crippen molar-refractivity contribution >= 4 is 0 Å². The first-order valence-corrected chi connectivity index (χ1v) is 3.99. The van der Waals surface area contributed by atoms with Crippen LogP contribution in [0.5, 0.6) is 0 Å². The predicted octanol–water partition coefficient (Wildman–Crippen LogP) is 0.755. The van der Waals surface area contributed by atoms with Crippen molar-refractivity contribution in [1.82, 2.24) is 9.78 Å². The van der Waals surface area contributed by atoms with Crippen molar-refractivity contribution in [3.05, 3.63) is 18.0 Å². The maximum atomic E-state index is 5.41. The van der Waals surface area contributed by atoms with Gasteiger partial charge >= 0.3 is 0 Å². The summed E-state index contributed by atoms with van der Waals surface area (Å²) >= 11 is 0. The third-order valence-electron chi connectivity index (χ3n) is 1.55. The van der Waals surface area contributed by atoms with Crippen LogP contribution in [0.15, 0.2) is 12.3 Å². The number of rotatable bonds is 3. The van der Waals surface area contributed by atoms with Gasteiger partial charge in [0.15, 0.2) is 0 Å². The lowest BCUT2D eigenvalue weighted by Gasteiger charge is -1.94. The maximum absolute atomic E-state index is 5.41. The molecule has 0 aliphatic heterocycles. The smallest absolute Gasteiger partial charge is 0.0760 e. The van der Waals surface area contributed by atoms with Gasteiger partial charge in [-0.05, 0) is 13.0 Å². The number of aromatic nitrogens is 2. The molecule has 1 aromatic heterocycles. The molecule has 2 N–H and O–H groups in total. The Bertz CT molecular complexity index is 290. The molecule has 0 radical (unpaired) electrons. The van der Waals surface area contributed by atoms with Gasteiger partial charge in [0.25, 0.3) is 0 Å². The zero-order valence-electron chi connectivity index (χ0n) is 7.25. The average Bonchev–Trinajstić information content (AvgIpc) is 2.53. The van der Waals surface area contributed by atoms with Crippen molar-refractivity contribution in [3.8, 4) is 11.8 Å². The Morgan fingerprint density at radius 1 is 1.67 bits per heavy atom. The summed E-state index contributed by atoms with van der Waals surface area (Å²) in [4.78, 5) is 0. The van der Waals surface area contributed by atoms with Gasteiger partial charge in [-0.2, -0.15) is 5.10 Å². The zero-order valence-corrected chi connectivity index (χ0v) is 7.25. The molecule has 0 aliphatic carbocycles. The minimum atomic E-state index is 0.506. The fraction of sp³-hybridized carbons (Fsp3) is 0.444. The molecule has 0 spiro atoms. The highest BCUT2D eigenvalue weighted by atomic mass is 15.3. The first kappa shape index (κ1) is 8.82. The van der Waals surface area contributed by atoms with Crippen LogP contribution in [0.4, 0.5) is 0 Å². The highest BCUT2D eigenvalue weighted by Gasteiger charge is 1.93. The lowest BCUT2D eigenvalue weighted by molar-refractivity contribution is 0.619. The third kappa shape index (κ3) is 2.40. The van der Waals surface area contributed by atoms with Crippen molar-refractivity contribution in [2.45, 2.75) is 26.4 Å². The van der Waals surface area contributed by atoms with Gasteiger partial charge < -0.3 is 5.73 Å². The van der Waals surface area contributed by atoms with E-state index in [-0.39, 0.29) is 0 Å². The van der Waals surface area contributed by atoms with Crippen molar-refractivity contribution in [1.29, 1.82) is 0 Å². The monoisotopic (exact) mass is 163 g/mol. The molecule has 1 heterocycles. The normalized spacial score (nSPS) is 9.17. The van der Waals surface area contributed by atoms with Gasteiger partial charge in [-0.3, -0.25) is 4.68 Å². The van der Waals surface area contributed by atoms with E-state index in [0.717, 1.165) is 18.7 Å². The van der Waals surface area contributed by atoms with E-state index in [9.17, 15) is 0 Å². The maximum Gasteiger partial charge on any atom is 0.0760 e. The fourth-order valence-corrected chi connectivity index (χ4v) is 0.933. The molecule has 3 nitrogen and oxygen atoms in total. The summed E-state index contributed by atoms with van der Waals surface area (Å²) in [6.45, 7) is 3.20. The molecule has 1 aromatic rings. The van der Waals surface area contributed by atoms with Crippen LogP contribution < -0.4 is 5.73 Å². The molecular weight excluding hydrogens is 150 g/mol. The van der Waals surface area contributed by atoms with Crippen LogP contribution in [0, 0.1) is 11.8 Å². The van der Waals surface area contributed by atoms with Gasteiger partial charge in [0.1, 0.15) is 0 Å². The van der Waals surface area contributed by atoms with Gasteiger partial charge in [-0.25, -0.2) is 0 Å². The predicted molar refractivity (Wildman–Crippen MR) is 48.2 cm³/mol. The number of aryl methyl sites for hydroxylation is 1. The molecule has 0 unspecified atom stereocenters. The van der Waals surface area contributed by atoms with E-state index >= 15 is 0 Å². The lowest BCUT2D eigenvalue weighted by Crippen LogP contribution is -2.01. The molecule has 3 heteroatoms. The second-order valence-electron chi connectivity index (χ2n) is 2.45. The van der Waals surface area contributed by atoms with Gasteiger partial charge in [-0.1, -0.05) is 0 Å². The summed E-state index contributed by atoms with van der Waals surface area (Å²) in [5.41, 5.74) is 6.34. The number of hydrogen-bond donors (Lipinski definition) is 1. The van der Waals surface area contributed by atoms with Gasteiger partial charge in [0, 0.05) is 19.2 Å². The second-order valence-corrected chi connectivity index (χ2v) is 2.45. The van der Waals surface area contributed by atoms with Gasteiger partial charge in [0.05, 0.1) is 12.2 Å². The van der Waals surface area contributed by atoms with E-state index in [1.165, 1.54) is 0 Å². The van der Waals surface area contributed by atoms with Crippen LogP contribution in [-0.2, 0) is 13.1 Å². The van der Waals surface area contributed by atoms with Crippen LogP contribution in [-0.4, -0.2) is 9.78 Å². The average molecular weight is 163 g/mol. The van der Waals surface area contributed by atoms with E-state index in [1.807, 2.05) is 23.9 Å². The Morgan fingerprint density at radius 3 is 3.08 bits per heavy atom. The van der Waals surface area contributed by atoms with Crippen molar-refractivity contribution < 1.29 is 0 Å². The molecule has 0 saturated heterocycles. The molecule has 0 saturated carbocycles. The Hall–Kier alpha value is -1.27. The molecule has 0 fully saturated rings. The first-order chi connectivity index (χ1) is 5.86. The quantitative estimate of drug-likeness (QED) is 0.668. The zero-order chi connectivity index (χ0) is 8.81. The van der Waals surface area contributed by atoms with Crippen LogP contribution >= 0.6 is 0 Å².